The van der Waals surface area contributed by atoms with Gasteiger partial charge in [0.25, 0.3) is 0 Å². The molecule has 0 aliphatic carbocycles. The van der Waals surface area contributed by atoms with Crippen LogP contribution in [0.2, 0.25) is 0 Å². The predicted molar refractivity (Wildman–Crippen MR) is 82.9 cm³/mol. The molecule has 1 atom stereocenters. The number of benzene rings is 1. The summed E-state index contributed by atoms with van der Waals surface area (Å²) in [5.74, 6) is 0.910. The van der Waals surface area contributed by atoms with Crippen molar-refractivity contribution in [1.29, 1.82) is 0 Å². The first-order chi connectivity index (χ1) is 10.2. The van der Waals surface area contributed by atoms with Gasteiger partial charge in [0, 0.05) is 13.0 Å². The quantitative estimate of drug-likeness (QED) is 0.851. The van der Waals surface area contributed by atoms with Crippen LogP contribution in [0.5, 0.6) is 0 Å². The van der Waals surface area contributed by atoms with Gasteiger partial charge in [-0.1, -0.05) is 37.3 Å². The van der Waals surface area contributed by atoms with Crippen LogP contribution in [0.1, 0.15) is 24.3 Å². The Morgan fingerprint density at radius 1 is 1.24 bits per heavy atom. The van der Waals surface area contributed by atoms with E-state index in [0.29, 0.717) is 13.0 Å². The van der Waals surface area contributed by atoms with E-state index in [-0.39, 0.29) is 11.9 Å². The molecule has 0 aliphatic heterocycles. The molecule has 0 fully saturated rings. The number of carbonyl (C=O) groups is 1. The SMILES string of the molecule is CCN(C)[C@H](C(=O)NCCc1ccco1)c1ccccc1. The van der Waals surface area contributed by atoms with Gasteiger partial charge >= 0.3 is 0 Å². The summed E-state index contributed by atoms with van der Waals surface area (Å²) >= 11 is 0. The normalized spacial score (nSPS) is 12.3. The van der Waals surface area contributed by atoms with Crippen LogP contribution < -0.4 is 5.32 Å². The van der Waals surface area contributed by atoms with Crippen molar-refractivity contribution in [3.05, 3.63) is 60.1 Å². The highest BCUT2D eigenvalue weighted by molar-refractivity contribution is 5.83. The molecule has 0 aliphatic rings. The Hall–Kier alpha value is -2.07. The van der Waals surface area contributed by atoms with Crippen LogP contribution in [0.25, 0.3) is 0 Å². The van der Waals surface area contributed by atoms with E-state index in [1.165, 1.54) is 0 Å². The monoisotopic (exact) mass is 286 g/mol. The Morgan fingerprint density at radius 2 is 2.00 bits per heavy atom. The average Bonchev–Trinajstić information content (AvgIpc) is 3.01. The molecule has 21 heavy (non-hydrogen) atoms. The Kier molecular flexibility index (Phi) is 5.58. The first kappa shape index (κ1) is 15.3. The Labute approximate surface area is 125 Å². The lowest BCUT2D eigenvalue weighted by Crippen LogP contribution is -2.39. The molecular formula is C17H22N2O2. The molecule has 0 unspecified atom stereocenters. The fourth-order valence-corrected chi connectivity index (χ4v) is 2.28. The van der Waals surface area contributed by atoms with Crippen LogP contribution >= 0.6 is 0 Å². The molecule has 0 saturated carbocycles. The minimum absolute atomic E-state index is 0.0251. The number of carbonyl (C=O) groups excluding carboxylic acids is 1. The highest BCUT2D eigenvalue weighted by Gasteiger charge is 2.23. The van der Waals surface area contributed by atoms with Crippen molar-refractivity contribution in [2.24, 2.45) is 0 Å². The van der Waals surface area contributed by atoms with Crippen molar-refractivity contribution >= 4 is 5.91 Å². The summed E-state index contributed by atoms with van der Waals surface area (Å²) in [5, 5.41) is 2.99. The lowest BCUT2D eigenvalue weighted by molar-refractivity contribution is -0.126. The summed E-state index contributed by atoms with van der Waals surface area (Å²) in [4.78, 5) is 14.5. The van der Waals surface area contributed by atoms with E-state index in [9.17, 15) is 4.79 Å². The molecule has 0 radical (unpaired) electrons. The summed E-state index contributed by atoms with van der Waals surface area (Å²) in [6.45, 7) is 3.43. The Morgan fingerprint density at radius 3 is 2.62 bits per heavy atom. The van der Waals surface area contributed by atoms with E-state index < -0.39 is 0 Å². The topological polar surface area (TPSA) is 45.5 Å². The fraction of sp³-hybridized carbons (Fsp3) is 0.353. The molecule has 4 heteroatoms. The van der Waals surface area contributed by atoms with Gasteiger partial charge in [-0.3, -0.25) is 9.69 Å². The van der Waals surface area contributed by atoms with Gasteiger partial charge in [-0.15, -0.1) is 0 Å². The highest BCUT2D eigenvalue weighted by atomic mass is 16.3. The van der Waals surface area contributed by atoms with Crippen LogP contribution in [0.15, 0.2) is 53.1 Å². The van der Waals surface area contributed by atoms with E-state index in [1.54, 1.807) is 6.26 Å². The maximum atomic E-state index is 12.5. The third-order valence-electron chi connectivity index (χ3n) is 3.55. The van der Waals surface area contributed by atoms with E-state index in [2.05, 4.69) is 5.32 Å². The molecule has 0 saturated heterocycles. The van der Waals surface area contributed by atoms with Gasteiger partial charge < -0.3 is 9.73 Å². The standard InChI is InChI=1S/C17H22N2O2/c1-3-19(2)16(14-8-5-4-6-9-14)17(20)18-12-11-15-10-7-13-21-15/h4-10,13,16H,3,11-12H2,1-2H3,(H,18,20)/t16-/m0/s1. The summed E-state index contributed by atoms with van der Waals surface area (Å²) in [7, 11) is 1.96. The molecule has 1 amide bonds. The number of rotatable bonds is 7. The van der Waals surface area contributed by atoms with Crippen LogP contribution in [0.4, 0.5) is 0 Å². The van der Waals surface area contributed by atoms with E-state index in [1.807, 2.05) is 61.3 Å². The first-order valence-corrected chi connectivity index (χ1v) is 7.27. The Bertz CT molecular complexity index is 537. The smallest absolute Gasteiger partial charge is 0.241 e. The van der Waals surface area contributed by atoms with Gasteiger partial charge in [-0.05, 0) is 31.3 Å². The molecule has 112 valence electrons. The first-order valence-electron chi connectivity index (χ1n) is 7.27. The molecule has 2 rings (SSSR count). The van der Waals surface area contributed by atoms with Gasteiger partial charge in [0.15, 0.2) is 0 Å². The van der Waals surface area contributed by atoms with Crippen molar-refractivity contribution in [3.63, 3.8) is 0 Å². The number of likely N-dealkylation sites (N-methyl/N-ethyl adjacent to an activating group) is 1. The minimum atomic E-state index is -0.257. The van der Waals surface area contributed by atoms with E-state index in [0.717, 1.165) is 17.9 Å². The van der Waals surface area contributed by atoms with Crippen molar-refractivity contribution < 1.29 is 9.21 Å². The Balaban J connectivity index is 1.98. The molecule has 1 aromatic heterocycles. The number of nitrogens with zero attached hydrogens (tertiary/aromatic N) is 1. The summed E-state index contributed by atoms with van der Waals surface area (Å²) in [6.07, 6.45) is 2.35. The number of hydrogen-bond donors (Lipinski definition) is 1. The number of amides is 1. The average molecular weight is 286 g/mol. The zero-order valence-electron chi connectivity index (χ0n) is 12.6. The molecule has 0 bridgehead atoms. The number of hydrogen-bond acceptors (Lipinski definition) is 3. The zero-order chi connectivity index (χ0) is 15.1. The fourth-order valence-electron chi connectivity index (χ4n) is 2.28. The van der Waals surface area contributed by atoms with Gasteiger partial charge in [0.2, 0.25) is 5.91 Å². The molecular weight excluding hydrogens is 264 g/mol. The predicted octanol–water partition coefficient (Wildman–Crippen LogP) is 2.63. The maximum Gasteiger partial charge on any atom is 0.241 e. The van der Waals surface area contributed by atoms with Gasteiger partial charge in [0.1, 0.15) is 11.8 Å². The second-order valence-electron chi connectivity index (χ2n) is 5.01. The van der Waals surface area contributed by atoms with E-state index >= 15 is 0 Å². The van der Waals surface area contributed by atoms with Crippen LogP contribution in [-0.2, 0) is 11.2 Å². The van der Waals surface area contributed by atoms with E-state index in [4.69, 9.17) is 4.42 Å². The summed E-state index contributed by atoms with van der Waals surface area (Å²) < 4.78 is 5.27. The molecule has 1 heterocycles. The van der Waals surface area contributed by atoms with Gasteiger partial charge in [-0.25, -0.2) is 0 Å². The third kappa shape index (κ3) is 4.20. The second-order valence-corrected chi connectivity index (χ2v) is 5.01. The molecule has 0 spiro atoms. The van der Waals surface area contributed by atoms with Crippen molar-refractivity contribution in [2.75, 3.05) is 20.1 Å². The van der Waals surface area contributed by atoms with Crippen LogP contribution in [0, 0.1) is 0 Å². The molecule has 1 aromatic carbocycles. The van der Waals surface area contributed by atoms with Crippen LogP contribution in [0.3, 0.4) is 0 Å². The van der Waals surface area contributed by atoms with Gasteiger partial charge in [-0.2, -0.15) is 0 Å². The molecule has 2 aromatic rings. The number of furan rings is 1. The van der Waals surface area contributed by atoms with Crippen molar-refractivity contribution in [3.8, 4) is 0 Å². The third-order valence-corrected chi connectivity index (χ3v) is 3.55. The second kappa shape index (κ2) is 7.64. The highest BCUT2D eigenvalue weighted by Crippen LogP contribution is 2.19. The van der Waals surface area contributed by atoms with Crippen molar-refractivity contribution in [1.82, 2.24) is 10.2 Å². The zero-order valence-corrected chi connectivity index (χ0v) is 12.6. The lowest BCUT2D eigenvalue weighted by atomic mass is 10.0. The lowest BCUT2D eigenvalue weighted by Gasteiger charge is -2.26. The number of nitrogens with one attached hydrogen (secondary N) is 1. The minimum Gasteiger partial charge on any atom is -0.469 e. The van der Waals surface area contributed by atoms with Gasteiger partial charge in [0.05, 0.1) is 6.26 Å². The van der Waals surface area contributed by atoms with Crippen molar-refractivity contribution in [2.45, 2.75) is 19.4 Å². The molecule has 1 N–H and O–H groups in total. The summed E-state index contributed by atoms with van der Waals surface area (Å²) in [6, 6.07) is 13.4. The van der Waals surface area contributed by atoms with Crippen LogP contribution in [-0.4, -0.2) is 30.9 Å². The maximum absolute atomic E-state index is 12.5. The molecule has 4 nitrogen and oxygen atoms in total. The largest absolute Gasteiger partial charge is 0.469 e. The summed E-state index contributed by atoms with van der Waals surface area (Å²) in [5.41, 5.74) is 1.01.